The highest BCUT2D eigenvalue weighted by molar-refractivity contribution is 8.00. The van der Waals surface area contributed by atoms with Crippen LogP contribution in [0.25, 0.3) is 0 Å². The van der Waals surface area contributed by atoms with Crippen molar-refractivity contribution < 1.29 is 13.2 Å². The number of hydrogen-bond acceptors (Lipinski definition) is 2. The van der Waals surface area contributed by atoms with Crippen molar-refractivity contribution in [1.82, 2.24) is 10.6 Å². The molecule has 3 nitrogen and oxygen atoms in total. The van der Waals surface area contributed by atoms with Crippen LogP contribution in [-0.4, -0.2) is 36.6 Å². The predicted octanol–water partition coefficient (Wildman–Crippen LogP) is 3.51. The summed E-state index contributed by atoms with van der Waals surface area (Å²) in [5, 5.41) is 6.34. The van der Waals surface area contributed by atoms with Gasteiger partial charge in [0.25, 0.3) is 0 Å². The van der Waals surface area contributed by atoms with Crippen molar-refractivity contribution in [3.8, 4) is 11.8 Å². The average Bonchev–Trinajstić information content (AvgIpc) is 3.01. The maximum Gasteiger partial charge on any atom is 0.416 e. The van der Waals surface area contributed by atoms with Gasteiger partial charge in [-0.05, 0) is 43.7 Å². The summed E-state index contributed by atoms with van der Waals surface area (Å²) < 4.78 is 38.2. The monoisotopic (exact) mass is 369 g/mol. The lowest BCUT2D eigenvalue weighted by Gasteiger charge is -2.24. The van der Waals surface area contributed by atoms with E-state index >= 15 is 0 Å². The minimum atomic E-state index is -4.35. The molecule has 1 aromatic rings. The second-order valence-electron chi connectivity index (χ2n) is 6.06. The molecule has 1 aromatic carbocycles. The molecule has 1 heterocycles. The van der Waals surface area contributed by atoms with Crippen LogP contribution in [0.5, 0.6) is 0 Å². The van der Waals surface area contributed by atoms with E-state index < -0.39 is 11.7 Å². The number of nitrogens with zero attached hydrogens (tertiary/aromatic N) is 1. The third-order valence-corrected chi connectivity index (χ3v) is 5.46. The minimum Gasteiger partial charge on any atom is -0.355 e. The molecule has 2 N–H and O–H groups in total. The van der Waals surface area contributed by atoms with Gasteiger partial charge in [-0.2, -0.15) is 24.9 Å². The number of benzene rings is 1. The first kappa shape index (κ1) is 19.5. The molecule has 1 saturated heterocycles. The molecule has 0 saturated carbocycles. The fourth-order valence-corrected chi connectivity index (χ4v) is 3.76. The first-order valence-electron chi connectivity index (χ1n) is 8.07. The fraction of sp³-hybridized carbons (Fsp3) is 0.500. The van der Waals surface area contributed by atoms with E-state index in [1.54, 1.807) is 13.1 Å². The molecule has 25 heavy (non-hydrogen) atoms. The van der Waals surface area contributed by atoms with E-state index in [-0.39, 0.29) is 4.75 Å². The van der Waals surface area contributed by atoms with Crippen LogP contribution in [0, 0.1) is 11.8 Å². The predicted molar refractivity (Wildman–Crippen MR) is 97.8 cm³/mol. The molecule has 0 amide bonds. The Labute approximate surface area is 150 Å². The van der Waals surface area contributed by atoms with Gasteiger partial charge >= 0.3 is 6.18 Å². The Kier molecular flexibility index (Phi) is 6.65. The van der Waals surface area contributed by atoms with Crippen molar-refractivity contribution >= 4 is 17.7 Å². The van der Waals surface area contributed by atoms with Crippen LogP contribution in [0.15, 0.2) is 29.3 Å². The fourth-order valence-electron chi connectivity index (χ4n) is 2.52. The van der Waals surface area contributed by atoms with Crippen molar-refractivity contribution in [1.29, 1.82) is 0 Å². The summed E-state index contributed by atoms with van der Waals surface area (Å²) in [6.07, 6.45) is -1.94. The number of rotatable bonds is 3. The Morgan fingerprint density at radius 1 is 1.36 bits per heavy atom. The topological polar surface area (TPSA) is 36.4 Å². The molecule has 1 aliphatic heterocycles. The largest absolute Gasteiger partial charge is 0.416 e. The summed E-state index contributed by atoms with van der Waals surface area (Å²) in [5.41, 5.74) is -0.346. The quantitative estimate of drug-likeness (QED) is 0.486. The highest BCUT2D eigenvalue weighted by atomic mass is 32.2. The smallest absolute Gasteiger partial charge is 0.355 e. The number of thioether (sulfide) groups is 1. The molecular weight excluding hydrogens is 347 g/mol. The van der Waals surface area contributed by atoms with Crippen LogP contribution < -0.4 is 10.6 Å². The number of alkyl halides is 3. The molecule has 0 radical (unpaired) electrons. The first-order valence-corrected chi connectivity index (χ1v) is 9.06. The van der Waals surface area contributed by atoms with Gasteiger partial charge in [-0.1, -0.05) is 17.9 Å². The van der Waals surface area contributed by atoms with E-state index in [2.05, 4.69) is 34.4 Å². The molecule has 0 spiro atoms. The van der Waals surface area contributed by atoms with Gasteiger partial charge < -0.3 is 10.6 Å². The summed E-state index contributed by atoms with van der Waals surface area (Å²) in [4.78, 5) is 4.14. The zero-order valence-electron chi connectivity index (χ0n) is 14.3. The van der Waals surface area contributed by atoms with Crippen molar-refractivity contribution in [3.05, 3.63) is 35.4 Å². The average molecular weight is 369 g/mol. The van der Waals surface area contributed by atoms with E-state index in [9.17, 15) is 13.2 Å². The Bertz CT molecular complexity index is 668. The van der Waals surface area contributed by atoms with Crippen molar-refractivity contribution in [2.24, 2.45) is 4.99 Å². The summed E-state index contributed by atoms with van der Waals surface area (Å²) >= 11 is 1.96. The molecule has 2 rings (SSSR count). The van der Waals surface area contributed by atoms with Crippen LogP contribution in [0.2, 0.25) is 0 Å². The van der Waals surface area contributed by atoms with Gasteiger partial charge in [-0.15, -0.1) is 0 Å². The van der Waals surface area contributed by atoms with Gasteiger partial charge in [-0.25, -0.2) is 0 Å². The van der Waals surface area contributed by atoms with Crippen LogP contribution in [-0.2, 0) is 6.18 Å². The molecule has 1 fully saturated rings. The summed E-state index contributed by atoms with van der Waals surface area (Å²) in [5.74, 6) is 7.40. The molecule has 7 heteroatoms. The lowest BCUT2D eigenvalue weighted by Crippen LogP contribution is -2.43. The molecule has 0 bridgehead atoms. The van der Waals surface area contributed by atoms with Gasteiger partial charge in [0.1, 0.15) is 0 Å². The van der Waals surface area contributed by atoms with E-state index in [4.69, 9.17) is 0 Å². The second-order valence-corrected chi connectivity index (χ2v) is 7.74. The zero-order chi connectivity index (χ0) is 18.3. The molecular formula is C18H22F3N3S. The van der Waals surface area contributed by atoms with Gasteiger partial charge in [-0.3, -0.25) is 4.99 Å². The lowest BCUT2D eigenvalue weighted by molar-refractivity contribution is -0.137. The zero-order valence-corrected chi connectivity index (χ0v) is 15.2. The Hall–Kier alpha value is -1.81. The maximum absolute atomic E-state index is 12.7. The minimum absolute atomic E-state index is 0.224. The Balaban J connectivity index is 1.84. The van der Waals surface area contributed by atoms with E-state index in [1.165, 1.54) is 24.7 Å². The number of hydrogen-bond donors (Lipinski definition) is 2. The number of nitrogens with one attached hydrogen (secondary N) is 2. The van der Waals surface area contributed by atoms with Crippen molar-refractivity contribution in [2.75, 3.05) is 25.9 Å². The summed E-state index contributed by atoms with van der Waals surface area (Å²) in [6, 6.07) is 5.02. The van der Waals surface area contributed by atoms with Crippen molar-refractivity contribution in [3.63, 3.8) is 0 Å². The Morgan fingerprint density at radius 2 is 2.16 bits per heavy atom. The van der Waals surface area contributed by atoms with Crippen LogP contribution >= 0.6 is 11.8 Å². The third kappa shape index (κ3) is 6.20. The molecule has 0 aromatic heterocycles. The summed E-state index contributed by atoms with van der Waals surface area (Å²) in [7, 11) is 1.68. The van der Waals surface area contributed by atoms with Gasteiger partial charge in [0, 0.05) is 23.9 Å². The second kappa shape index (κ2) is 8.52. The Morgan fingerprint density at radius 3 is 2.80 bits per heavy atom. The first-order chi connectivity index (χ1) is 11.8. The maximum atomic E-state index is 12.7. The molecule has 1 unspecified atom stereocenters. The number of aliphatic imine (C=N–C) groups is 1. The van der Waals surface area contributed by atoms with E-state index in [1.807, 2.05) is 11.8 Å². The number of guanidine groups is 1. The van der Waals surface area contributed by atoms with Gasteiger partial charge in [0.15, 0.2) is 5.96 Å². The highest BCUT2D eigenvalue weighted by Gasteiger charge is 2.30. The van der Waals surface area contributed by atoms with E-state index in [0.717, 1.165) is 18.7 Å². The standard InChI is InChI=1S/C18H22F3N3S/c1-17(9-5-11-25-17)13-24-16(22-2)23-10-4-7-14-6-3-8-15(12-14)18(19,20)21/h3,6,8,12H,5,9-11,13H2,1-2H3,(H2,22,23,24). The van der Waals surface area contributed by atoms with E-state index in [0.29, 0.717) is 18.1 Å². The SMILES string of the molecule is CN=C(NCC#Cc1cccc(C(F)(F)F)c1)NCC1(C)CCCS1. The molecule has 136 valence electrons. The molecule has 1 aliphatic rings. The number of halogens is 3. The van der Waals surface area contributed by atoms with Crippen LogP contribution in [0.4, 0.5) is 13.2 Å². The molecule has 1 atom stereocenters. The normalized spacial score (nSPS) is 20.8. The van der Waals surface area contributed by atoms with Gasteiger partial charge in [0.2, 0.25) is 0 Å². The highest BCUT2D eigenvalue weighted by Crippen LogP contribution is 2.36. The lowest BCUT2D eigenvalue weighted by atomic mass is 10.1. The van der Waals surface area contributed by atoms with Crippen molar-refractivity contribution in [2.45, 2.75) is 30.7 Å². The summed E-state index contributed by atoms with van der Waals surface area (Å²) in [6.45, 7) is 3.36. The van der Waals surface area contributed by atoms with Crippen LogP contribution in [0.1, 0.15) is 30.9 Å². The third-order valence-electron chi connectivity index (χ3n) is 3.92. The molecule has 0 aliphatic carbocycles. The van der Waals surface area contributed by atoms with Gasteiger partial charge in [0.05, 0.1) is 12.1 Å². The van der Waals surface area contributed by atoms with Crippen LogP contribution in [0.3, 0.4) is 0 Å².